The van der Waals surface area contributed by atoms with Crippen LogP contribution in [0.25, 0.3) is 0 Å². The Kier molecular flexibility index (Phi) is 5.15. The lowest BCUT2D eigenvalue weighted by atomic mass is 9.97. The first-order valence-corrected chi connectivity index (χ1v) is 6.48. The zero-order valence-electron chi connectivity index (χ0n) is 9.97. The monoisotopic (exact) mass is 255 g/mol. The molecule has 1 atom stereocenters. The summed E-state index contributed by atoms with van der Waals surface area (Å²) in [6.45, 7) is 4.12. The van der Waals surface area contributed by atoms with Gasteiger partial charge in [0.05, 0.1) is 5.92 Å². The first-order valence-electron chi connectivity index (χ1n) is 5.54. The third kappa shape index (κ3) is 4.56. The summed E-state index contributed by atoms with van der Waals surface area (Å²) in [6.07, 6.45) is 0.569. The molecule has 1 unspecified atom stereocenters. The van der Waals surface area contributed by atoms with Gasteiger partial charge in [0, 0.05) is 17.5 Å². The van der Waals surface area contributed by atoms with Crippen molar-refractivity contribution in [2.45, 2.75) is 20.3 Å². The van der Waals surface area contributed by atoms with E-state index in [-0.39, 0.29) is 12.5 Å². The Labute approximate surface area is 105 Å². The third-order valence-electron chi connectivity index (χ3n) is 2.40. The predicted octanol–water partition coefficient (Wildman–Crippen LogP) is 2.22. The van der Waals surface area contributed by atoms with E-state index in [0.717, 1.165) is 0 Å². The first kappa shape index (κ1) is 13.7. The summed E-state index contributed by atoms with van der Waals surface area (Å²) in [5.74, 6) is -1.28. The molecule has 0 saturated carbocycles. The van der Waals surface area contributed by atoms with E-state index in [1.165, 1.54) is 11.3 Å². The van der Waals surface area contributed by atoms with Crippen molar-refractivity contribution in [2.75, 3.05) is 6.54 Å². The minimum Gasteiger partial charge on any atom is -0.481 e. The molecule has 0 aliphatic heterocycles. The van der Waals surface area contributed by atoms with Crippen LogP contribution in [0.5, 0.6) is 0 Å². The van der Waals surface area contributed by atoms with E-state index in [0.29, 0.717) is 17.9 Å². The lowest BCUT2D eigenvalue weighted by molar-refractivity contribution is -0.142. The second-order valence-corrected chi connectivity index (χ2v) is 5.17. The standard InChI is InChI=1S/C12H17NO3S/c1-8(2)5-10(12(15)16)6-13-11(14)9-3-4-17-7-9/h3-4,7-8,10H,5-6H2,1-2H3,(H,13,14)(H,15,16). The highest BCUT2D eigenvalue weighted by Crippen LogP contribution is 2.12. The number of nitrogens with one attached hydrogen (secondary N) is 1. The van der Waals surface area contributed by atoms with E-state index < -0.39 is 11.9 Å². The quantitative estimate of drug-likeness (QED) is 0.819. The fourth-order valence-corrected chi connectivity index (χ4v) is 2.19. The van der Waals surface area contributed by atoms with Crippen LogP contribution in [-0.2, 0) is 4.79 Å². The summed E-state index contributed by atoms with van der Waals surface area (Å²) in [5, 5.41) is 15.2. The molecule has 0 spiro atoms. The molecule has 0 aliphatic rings. The lowest BCUT2D eigenvalue weighted by Gasteiger charge is -2.15. The van der Waals surface area contributed by atoms with Crippen LogP contribution in [0.4, 0.5) is 0 Å². The number of carboxylic acids is 1. The summed E-state index contributed by atoms with van der Waals surface area (Å²) in [5.41, 5.74) is 0.587. The maximum Gasteiger partial charge on any atom is 0.308 e. The molecule has 94 valence electrons. The van der Waals surface area contributed by atoms with Crippen LogP contribution in [0.3, 0.4) is 0 Å². The molecule has 0 saturated heterocycles. The summed E-state index contributed by atoms with van der Waals surface area (Å²) in [4.78, 5) is 22.6. The normalized spacial score (nSPS) is 12.4. The number of thiophene rings is 1. The highest BCUT2D eigenvalue weighted by molar-refractivity contribution is 7.08. The molecule has 0 bridgehead atoms. The molecule has 0 fully saturated rings. The van der Waals surface area contributed by atoms with E-state index in [1.54, 1.807) is 11.4 Å². The molecule has 1 aromatic heterocycles. The van der Waals surface area contributed by atoms with Crippen molar-refractivity contribution in [1.82, 2.24) is 5.32 Å². The van der Waals surface area contributed by atoms with Crippen LogP contribution in [0.2, 0.25) is 0 Å². The maximum atomic E-state index is 11.6. The average Bonchev–Trinajstić information content (AvgIpc) is 2.76. The Hall–Kier alpha value is -1.36. The van der Waals surface area contributed by atoms with Crippen LogP contribution in [0, 0.1) is 11.8 Å². The Morgan fingerprint density at radius 3 is 2.65 bits per heavy atom. The zero-order chi connectivity index (χ0) is 12.8. The van der Waals surface area contributed by atoms with Crippen molar-refractivity contribution < 1.29 is 14.7 Å². The second-order valence-electron chi connectivity index (χ2n) is 4.39. The van der Waals surface area contributed by atoms with Gasteiger partial charge < -0.3 is 10.4 Å². The van der Waals surface area contributed by atoms with Crippen molar-refractivity contribution in [3.05, 3.63) is 22.4 Å². The van der Waals surface area contributed by atoms with Gasteiger partial charge in [0.25, 0.3) is 5.91 Å². The lowest BCUT2D eigenvalue weighted by Crippen LogP contribution is -2.33. The van der Waals surface area contributed by atoms with Crippen LogP contribution in [0.15, 0.2) is 16.8 Å². The highest BCUT2D eigenvalue weighted by Gasteiger charge is 2.19. The molecule has 0 aromatic carbocycles. The molecule has 1 aromatic rings. The van der Waals surface area contributed by atoms with Gasteiger partial charge in [-0.2, -0.15) is 11.3 Å². The molecule has 0 aliphatic carbocycles. The number of hydrogen-bond donors (Lipinski definition) is 2. The SMILES string of the molecule is CC(C)CC(CNC(=O)c1ccsc1)C(=O)O. The minimum absolute atomic E-state index is 0.183. The molecule has 1 amide bonds. The van der Waals surface area contributed by atoms with Gasteiger partial charge in [-0.3, -0.25) is 9.59 Å². The van der Waals surface area contributed by atoms with Gasteiger partial charge in [0.15, 0.2) is 0 Å². The Bertz CT molecular complexity index is 373. The molecule has 2 N–H and O–H groups in total. The number of hydrogen-bond acceptors (Lipinski definition) is 3. The molecule has 1 rings (SSSR count). The Balaban J connectivity index is 2.47. The fourth-order valence-electron chi connectivity index (χ4n) is 1.55. The van der Waals surface area contributed by atoms with Crippen molar-refractivity contribution in [1.29, 1.82) is 0 Å². The van der Waals surface area contributed by atoms with Gasteiger partial charge in [-0.25, -0.2) is 0 Å². The van der Waals surface area contributed by atoms with E-state index in [2.05, 4.69) is 5.32 Å². The van der Waals surface area contributed by atoms with Gasteiger partial charge >= 0.3 is 5.97 Å². The number of carboxylic acid groups (broad SMARTS) is 1. The van der Waals surface area contributed by atoms with Crippen molar-refractivity contribution in [3.63, 3.8) is 0 Å². The summed E-state index contributed by atoms with van der Waals surface area (Å²) < 4.78 is 0. The molecule has 1 heterocycles. The number of amides is 1. The van der Waals surface area contributed by atoms with Crippen molar-refractivity contribution >= 4 is 23.2 Å². The fraction of sp³-hybridized carbons (Fsp3) is 0.500. The smallest absolute Gasteiger partial charge is 0.308 e. The largest absolute Gasteiger partial charge is 0.481 e. The maximum absolute atomic E-state index is 11.6. The van der Waals surface area contributed by atoms with Crippen molar-refractivity contribution in [3.8, 4) is 0 Å². The molecule has 4 nitrogen and oxygen atoms in total. The number of carbonyl (C=O) groups excluding carboxylic acids is 1. The molecular formula is C12H17NO3S. The van der Waals surface area contributed by atoms with E-state index in [4.69, 9.17) is 5.11 Å². The van der Waals surface area contributed by atoms with Crippen LogP contribution in [0.1, 0.15) is 30.6 Å². The predicted molar refractivity (Wildman–Crippen MR) is 67.2 cm³/mol. The molecular weight excluding hydrogens is 238 g/mol. The highest BCUT2D eigenvalue weighted by atomic mass is 32.1. The van der Waals surface area contributed by atoms with Gasteiger partial charge in [0.2, 0.25) is 0 Å². The van der Waals surface area contributed by atoms with Crippen LogP contribution >= 0.6 is 11.3 Å². The van der Waals surface area contributed by atoms with E-state index in [9.17, 15) is 9.59 Å². The van der Waals surface area contributed by atoms with Crippen LogP contribution < -0.4 is 5.32 Å². The molecule has 17 heavy (non-hydrogen) atoms. The first-order chi connectivity index (χ1) is 8.00. The second kappa shape index (κ2) is 6.39. The third-order valence-corrected chi connectivity index (χ3v) is 3.08. The van der Waals surface area contributed by atoms with E-state index >= 15 is 0 Å². The van der Waals surface area contributed by atoms with Gasteiger partial charge in [-0.05, 0) is 23.8 Å². The summed E-state index contributed by atoms with van der Waals surface area (Å²) in [6, 6.07) is 1.72. The minimum atomic E-state index is -0.857. The van der Waals surface area contributed by atoms with E-state index in [1.807, 2.05) is 19.2 Å². The molecule has 0 radical (unpaired) electrons. The number of aliphatic carboxylic acids is 1. The topological polar surface area (TPSA) is 66.4 Å². The Morgan fingerprint density at radius 1 is 1.47 bits per heavy atom. The van der Waals surface area contributed by atoms with Gasteiger partial charge in [-0.1, -0.05) is 13.8 Å². The molecule has 5 heteroatoms. The summed E-state index contributed by atoms with van der Waals surface area (Å²) in [7, 11) is 0. The number of rotatable bonds is 6. The number of carbonyl (C=O) groups is 2. The van der Waals surface area contributed by atoms with Gasteiger partial charge in [0.1, 0.15) is 0 Å². The zero-order valence-corrected chi connectivity index (χ0v) is 10.8. The average molecular weight is 255 g/mol. The summed E-state index contributed by atoms with van der Waals surface area (Å²) >= 11 is 1.44. The van der Waals surface area contributed by atoms with Crippen molar-refractivity contribution in [2.24, 2.45) is 11.8 Å². The van der Waals surface area contributed by atoms with Gasteiger partial charge in [-0.15, -0.1) is 0 Å². The Morgan fingerprint density at radius 2 is 2.18 bits per heavy atom. The van der Waals surface area contributed by atoms with Crippen LogP contribution in [-0.4, -0.2) is 23.5 Å².